The fourth-order valence-corrected chi connectivity index (χ4v) is 3.03. The van der Waals surface area contributed by atoms with E-state index < -0.39 is 0 Å². The summed E-state index contributed by atoms with van der Waals surface area (Å²) in [5.74, 6) is 3.05. The predicted molar refractivity (Wildman–Crippen MR) is 80.1 cm³/mol. The lowest BCUT2D eigenvalue weighted by Crippen LogP contribution is -2.30. The van der Waals surface area contributed by atoms with Gasteiger partial charge in [-0.05, 0) is 25.2 Å². The molecule has 1 saturated carbocycles. The van der Waals surface area contributed by atoms with Crippen LogP contribution in [-0.2, 0) is 6.42 Å². The van der Waals surface area contributed by atoms with Gasteiger partial charge in [0.1, 0.15) is 17.5 Å². The van der Waals surface area contributed by atoms with Crippen molar-refractivity contribution in [1.29, 1.82) is 0 Å². The molecule has 0 aromatic carbocycles. The zero-order chi connectivity index (χ0) is 13.7. The summed E-state index contributed by atoms with van der Waals surface area (Å²) in [4.78, 5) is 8.76. The Hall–Kier alpha value is -1.32. The quantitative estimate of drug-likeness (QED) is 0.853. The Morgan fingerprint density at radius 2 is 2.00 bits per heavy atom. The molecule has 0 aliphatic heterocycles. The highest BCUT2D eigenvalue weighted by molar-refractivity contribution is 5.45. The van der Waals surface area contributed by atoms with E-state index in [9.17, 15) is 0 Å². The molecule has 1 heterocycles. The number of anilines is 2. The van der Waals surface area contributed by atoms with E-state index in [4.69, 9.17) is 5.73 Å². The summed E-state index contributed by atoms with van der Waals surface area (Å²) in [6, 6.07) is 2.37. The summed E-state index contributed by atoms with van der Waals surface area (Å²) in [7, 11) is 0. The van der Waals surface area contributed by atoms with Gasteiger partial charge in [0.2, 0.25) is 0 Å². The molecule has 4 heteroatoms. The van der Waals surface area contributed by atoms with E-state index in [1.54, 1.807) is 0 Å². The van der Waals surface area contributed by atoms with Crippen LogP contribution in [0.15, 0.2) is 6.07 Å². The van der Waals surface area contributed by atoms with E-state index in [-0.39, 0.29) is 0 Å². The molecule has 1 unspecified atom stereocenters. The first-order chi connectivity index (χ1) is 9.22. The lowest BCUT2D eigenvalue weighted by Gasteiger charge is -2.30. The average molecular weight is 262 g/mol. The summed E-state index contributed by atoms with van der Waals surface area (Å²) < 4.78 is 0. The highest BCUT2D eigenvalue weighted by Crippen LogP contribution is 2.29. The molecule has 1 aliphatic rings. The lowest BCUT2D eigenvalue weighted by molar-refractivity contribution is 0.312. The van der Waals surface area contributed by atoms with E-state index in [0.29, 0.717) is 11.9 Å². The molecule has 19 heavy (non-hydrogen) atoms. The molecule has 0 radical (unpaired) electrons. The van der Waals surface area contributed by atoms with Crippen molar-refractivity contribution < 1.29 is 0 Å². The lowest BCUT2D eigenvalue weighted by atomic mass is 9.83. The molecule has 0 amide bonds. The van der Waals surface area contributed by atoms with Crippen LogP contribution < -0.4 is 11.1 Å². The van der Waals surface area contributed by atoms with Crippen LogP contribution in [0.2, 0.25) is 0 Å². The number of nitrogens with one attached hydrogen (secondary N) is 1. The molecule has 4 nitrogen and oxygen atoms in total. The molecular formula is C15H26N4. The van der Waals surface area contributed by atoms with Crippen LogP contribution in [0.1, 0.15) is 58.2 Å². The molecule has 3 N–H and O–H groups in total. The van der Waals surface area contributed by atoms with Crippen molar-refractivity contribution in [2.75, 3.05) is 11.1 Å². The van der Waals surface area contributed by atoms with Gasteiger partial charge in [-0.25, -0.2) is 9.97 Å². The minimum atomic E-state index is 0.513. The van der Waals surface area contributed by atoms with Gasteiger partial charge in [-0.2, -0.15) is 0 Å². The van der Waals surface area contributed by atoms with Gasteiger partial charge in [-0.1, -0.05) is 33.1 Å². The minimum absolute atomic E-state index is 0.513. The van der Waals surface area contributed by atoms with Crippen LogP contribution in [0.25, 0.3) is 0 Å². The maximum Gasteiger partial charge on any atom is 0.132 e. The van der Waals surface area contributed by atoms with Crippen molar-refractivity contribution in [3.8, 4) is 0 Å². The second-order valence-electron chi connectivity index (χ2n) is 5.51. The third-order valence-electron chi connectivity index (χ3n) is 4.10. The van der Waals surface area contributed by atoms with Gasteiger partial charge in [0.05, 0.1) is 0 Å². The predicted octanol–water partition coefficient (Wildman–Crippen LogP) is 3.39. The van der Waals surface area contributed by atoms with Crippen LogP contribution in [0.5, 0.6) is 0 Å². The monoisotopic (exact) mass is 262 g/mol. The third kappa shape index (κ3) is 3.82. The first-order valence-electron chi connectivity index (χ1n) is 7.62. The number of nitrogen functional groups attached to an aromatic ring is 1. The Labute approximate surface area is 116 Å². The van der Waals surface area contributed by atoms with Crippen molar-refractivity contribution in [2.24, 2.45) is 5.92 Å². The van der Waals surface area contributed by atoms with Crippen molar-refractivity contribution >= 4 is 11.6 Å². The van der Waals surface area contributed by atoms with Gasteiger partial charge in [0, 0.05) is 18.5 Å². The van der Waals surface area contributed by atoms with Gasteiger partial charge in [0.25, 0.3) is 0 Å². The van der Waals surface area contributed by atoms with E-state index in [1.165, 1.54) is 32.1 Å². The summed E-state index contributed by atoms with van der Waals surface area (Å²) in [6.07, 6.45) is 8.77. The molecule has 1 aliphatic carbocycles. The highest BCUT2D eigenvalue weighted by Gasteiger charge is 2.22. The summed E-state index contributed by atoms with van der Waals surface area (Å²) in [6.45, 7) is 4.30. The smallest absolute Gasteiger partial charge is 0.132 e. The van der Waals surface area contributed by atoms with E-state index in [2.05, 4.69) is 29.1 Å². The minimum Gasteiger partial charge on any atom is -0.384 e. The summed E-state index contributed by atoms with van der Waals surface area (Å²) >= 11 is 0. The van der Waals surface area contributed by atoms with Gasteiger partial charge in [-0.15, -0.1) is 0 Å². The second kappa shape index (κ2) is 6.73. The number of nitrogens with two attached hydrogens (primary N) is 1. The zero-order valence-corrected chi connectivity index (χ0v) is 12.2. The maximum atomic E-state index is 5.84. The van der Waals surface area contributed by atoms with E-state index in [0.717, 1.165) is 30.4 Å². The molecule has 1 aromatic heterocycles. The number of hydrogen-bond donors (Lipinski definition) is 2. The Morgan fingerprint density at radius 1 is 1.26 bits per heavy atom. The second-order valence-corrected chi connectivity index (χ2v) is 5.51. The molecular weight excluding hydrogens is 236 g/mol. The molecule has 0 spiro atoms. The summed E-state index contributed by atoms with van der Waals surface area (Å²) in [5, 5.41) is 3.58. The molecule has 1 aromatic rings. The zero-order valence-electron chi connectivity index (χ0n) is 12.2. The number of aryl methyl sites for hydroxylation is 1. The fraction of sp³-hybridized carbons (Fsp3) is 0.733. The average Bonchev–Trinajstić information content (AvgIpc) is 2.45. The Morgan fingerprint density at radius 3 is 2.63 bits per heavy atom. The van der Waals surface area contributed by atoms with Crippen molar-refractivity contribution in [1.82, 2.24) is 9.97 Å². The SMILES string of the molecule is CCc1nc(N)cc(NC(CC)C2CCCCC2)n1. The first-order valence-corrected chi connectivity index (χ1v) is 7.62. The summed E-state index contributed by atoms with van der Waals surface area (Å²) in [5.41, 5.74) is 5.84. The number of hydrogen-bond acceptors (Lipinski definition) is 4. The van der Waals surface area contributed by atoms with Gasteiger partial charge in [0.15, 0.2) is 0 Å². The van der Waals surface area contributed by atoms with E-state index >= 15 is 0 Å². The van der Waals surface area contributed by atoms with Crippen molar-refractivity contribution in [3.63, 3.8) is 0 Å². The van der Waals surface area contributed by atoms with Crippen LogP contribution in [0, 0.1) is 5.92 Å². The van der Waals surface area contributed by atoms with Gasteiger partial charge >= 0.3 is 0 Å². The first kappa shape index (κ1) is 14.1. The number of rotatable bonds is 5. The van der Waals surface area contributed by atoms with Crippen molar-refractivity contribution in [2.45, 2.75) is 64.8 Å². The van der Waals surface area contributed by atoms with Gasteiger partial charge < -0.3 is 11.1 Å². The molecule has 1 fully saturated rings. The topological polar surface area (TPSA) is 63.8 Å². The molecule has 106 valence electrons. The Kier molecular flexibility index (Phi) is 5.00. The van der Waals surface area contributed by atoms with Crippen LogP contribution >= 0.6 is 0 Å². The number of aromatic nitrogens is 2. The molecule has 0 bridgehead atoms. The number of nitrogens with zero attached hydrogens (tertiary/aromatic N) is 2. The van der Waals surface area contributed by atoms with E-state index in [1.807, 2.05) is 6.07 Å². The largest absolute Gasteiger partial charge is 0.384 e. The van der Waals surface area contributed by atoms with Crippen molar-refractivity contribution in [3.05, 3.63) is 11.9 Å². The maximum absolute atomic E-state index is 5.84. The molecule has 0 saturated heterocycles. The highest BCUT2D eigenvalue weighted by atomic mass is 15.1. The van der Waals surface area contributed by atoms with Crippen LogP contribution in [-0.4, -0.2) is 16.0 Å². The normalized spacial score (nSPS) is 18.2. The van der Waals surface area contributed by atoms with Gasteiger partial charge in [-0.3, -0.25) is 0 Å². The molecule has 2 rings (SSSR count). The Balaban J connectivity index is 2.06. The molecule has 1 atom stereocenters. The van der Waals surface area contributed by atoms with Crippen LogP contribution in [0.3, 0.4) is 0 Å². The standard InChI is InChI=1S/C15H26N4/c1-3-12(11-8-6-5-7-9-11)17-15-10-13(16)18-14(4-2)19-15/h10-12H,3-9H2,1-2H3,(H3,16,17,18,19). The third-order valence-corrected chi connectivity index (χ3v) is 4.10. The fourth-order valence-electron chi connectivity index (χ4n) is 3.03. The van der Waals surface area contributed by atoms with Crippen LogP contribution in [0.4, 0.5) is 11.6 Å². The Bertz CT molecular complexity index is 399.